The van der Waals surface area contributed by atoms with Crippen molar-refractivity contribution in [1.29, 1.82) is 0 Å². The Morgan fingerprint density at radius 1 is 0.378 bits per heavy atom. The lowest BCUT2D eigenvalue weighted by Crippen LogP contribution is -2.31. The minimum atomic E-state index is -2.22. The highest BCUT2D eigenvalue weighted by Gasteiger charge is 2.48. The Balaban J connectivity index is 1.56. The lowest BCUT2D eigenvalue weighted by molar-refractivity contribution is 0.0200. The van der Waals surface area contributed by atoms with E-state index >= 15 is 0 Å². The average Bonchev–Trinajstić information content (AvgIpc) is 3.74. The van der Waals surface area contributed by atoms with E-state index in [0.717, 1.165) is 77.9 Å². The van der Waals surface area contributed by atoms with Crippen LogP contribution in [-0.2, 0) is 14.2 Å². The molecule has 2 bridgehead atoms. The van der Waals surface area contributed by atoms with Crippen LogP contribution in [0.4, 0.5) is 0 Å². The Morgan fingerprint density at radius 3 is 1.16 bits per heavy atom. The number of hydrogen-bond donors (Lipinski definition) is 0. The van der Waals surface area contributed by atoms with Crippen LogP contribution in [0.15, 0.2) is 13.5 Å². The molecule has 13 heteroatoms. The van der Waals surface area contributed by atoms with Gasteiger partial charge in [0.2, 0.25) is 7.51 Å². The molecular formula is C24H48N7O3P3. The second-order valence-electron chi connectivity index (χ2n) is 11.1. The molecule has 0 spiro atoms. The molecule has 2 unspecified atom stereocenters. The van der Waals surface area contributed by atoms with Gasteiger partial charge in [0.1, 0.15) is 0 Å². The van der Waals surface area contributed by atoms with Gasteiger partial charge in [-0.2, -0.15) is 9.03 Å². The van der Waals surface area contributed by atoms with Crippen LogP contribution in [-0.4, -0.2) is 123 Å². The summed E-state index contributed by atoms with van der Waals surface area (Å²) in [6.07, 6.45) is 12.0. The number of ether oxygens (including phenoxy) is 3. The Labute approximate surface area is 224 Å². The molecule has 2 atom stereocenters. The smallest absolute Gasteiger partial charge is 0.219 e. The third-order valence-corrected chi connectivity index (χ3v) is 21.6. The monoisotopic (exact) mass is 575 g/mol. The molecule has 0 aromatic rings. The van der Waals surface area contributed by atoms with E-state index in [1.165, 1.54) is 51.4 Å². The summed E-state index contributed by atoms with van der Waals surface area (Å²) in [5, 5.41) is 0. The first kappa shape index (κ1) is 27.6. The van der Waals surface area contributed by atoms with Crippen LogP contribution < -0.4 is 0 Å². The molecular weight excluding hydrogens is 527 g/mol. The number of rotatable bonds is 4. The summed E-state index contributed by atoms with van der Waals surface area (Å²) in [6.45, 7) is 13.0. The Bertz CT molecular complexity index is 888. The third kappa shape index (κ3) is 5.77. The molecule has 6 aliphatic rings. The van der Waals surface area contributed by atoms with E-state index in [2.05, 4.69) is 18.7 Å². The topological polar surface area (TPSA) is 77.7 Å². The summed E-state index contributed by atoms with van der Waals surface area (Å²) in [6, 6.07) is 0. The minimum Gasteiger partial charge on any atom is -0.379 e. The van der Waals surface area contributed by atoms with E-state index in [4.69, 9.17) is 27.8 Å². The number of fused-ring (bicyclic) bond motifs is 1. The maximum absolute atomic E-state index is 6.20. The summed E-state index contributed by atoms with van der Waals surface area (Å²) in [4.78, 5) is 0. The van der Waals surface area contributed by atoms with E-state index in [-0.39, 0.29) is 0 Å². The molecule has 37 heavy (non-hydrogen) atoms. The van der Waals surface area contributed by atoms with Gasteiger partial charge in [0.15, 0.2) is 14.7 Å². The zero-order chi connectivity index (χ0) is 25.0. The van der Waals surface area contributed by atoms with Crippen molar-refractivity contribution < 1.29 is 14.2 Å². The van der Waals surface area contributed by atoms with Crippen molar-refractivity contribution >= 4 is 22.2 Å². The van der Waals surface area contributed by atoms with E-state index in [1.54, 1.807) is 0 Å². The molecule has 4 fully saturated rings. The predicted octanol–water partition coefficient (Wildman–Crippen LogP) is 5.46. The van der Waals surface area contributed by atoms with Crippen molar-refractivity contribution in [1.82, 2.24) is 18.7 Å². The van der Waals surface area contributed by atoms with Crippen molar-refractivity contribution in [3.63, 3.8) is 0 Å². The van der Waals surface area contributed by atoms with Crippen molar-refractivity contribution in [3.05, 3.63) is 0 Å². The third-order valence-electron chi connectivity index (χ3n) is 8.62. The molecule has 0 aromatic heterocycles. The van der Waals surface area contributed by atoms with E-state index in [1.807, 2.05) is 0 Å². The quantitative estimate of drug-likeness (QED) is 0.413. The lowest BCUT2D eigenvalue weighted by Gasteiger charge is -2.47. The molecule has 6 rings (SSSR count). The molecule has 10 nitrogen and oxygen atoms in total. The summed E-state index contributed by atoms with van der Waals surface area (Å²) >= 11 is 0. The van der Waals surface area contributed by atoms with Crippen molar-refractivity contribution in [2.24, 2.45) is 13.5 Å². The van der Waals surface area contributed by atoms with E-state index in [9.17, 15) is 0 Å². The summed E-state index contributed by atoms with van der Waals surface area (Å²) in [5.74, 6) is 0. The fourth-order valence-electron chi connectivity index (χ4n) is 6.66. The molecule has 6 aliphatic heterocycles. The van der Waals surface area contributed by atoms with Crippen LogP contribution in [0.25, 0.3) is 0 Å². The number of nitrogens with zero attached hydrogens (tertiary/aromatic N) is 7. The number of hydrogen-bond acceptors (Lipinski definition) is 10. The zero-order valence-corrected chi connectivity index (χ0v) is 25.4. The molecule has 0 N–H and O–H groups in total. The van der Waals surface area contributed by atoms with Gasteiger partial charge in [0.25, 0.3) is 0 Å². The van der Waals surface area contributed by atoms with Crippen molar-refractivity contribution in [3.8, 4) is 0 Å². The maximum Gasteiger partial charge on any atom is 0.219 e. The van der Waals surface area contributed by atoms with E-state index < -0.39 is 22.2 Å². The first-order valence-electron chi connectivity index (χ1n) is 14.9. The van der Waals surface area contributed by atoms with Crippen LogP contribution >= 0.6 is 22.2 Å². The summed E-state index contributed by atoms with van der Waals surface area (Å²) < 4.78 is 47.4. The first-order valence-corrected chi connectivity index (χ1v) is 20.2. The van der Waals surface area contributed by atoms with Gasteiger partial charge in [0.05, 0.1) is 39.6 Å². The molecule has 0 aliphatic carbocycles. The van der Waals surface area contributed by atoms with Crippen LogP contribution in [0.1, 0.15) is 51.4 Å². The first-order chi connectivity index (χ1) is 18.2. The summed E-state index contributed by atoms with van der Waals surface area (Å²) in [7, 11) is -6.56. The minimum absolute atomic E-state index is 0.630. The van der Waals surface area contributed by atoms with Gasteiger partial charge >= 0.3 is 0 Å². The SMILES string of the molecule is C1CCN(P23=NP(N4CCCC4)(=NP(N4CCCC4)(N4CCCC4)=N2)CCOCCOCCOCC3)C1. The normalized spacial score (nSPS) is 37.6. The van der Waals surface area contributed by atoms with Gasteiger partial charge in [-0.25, -0.2) is 13.9 Å². The second-order valence-corrected chi connectivity index (χ2v) is 20.3. The molecule has 212 valence electrons. The van der Waals surface area contributed by atoms with E-state index in [0.29, 0.717) is 26.4 Å². The van der Waals surface area contributed by atoms with Crippen LogP contribution in [0, 0.1) is 0 Å². The van der Waals surface area contributed by atoms with Crippen LogP contribution in [0.2, 0.25) is 0 Å². The van der Waals surface area contributed by atoms with Gasteiger partial charge in [0, 0.05) is 64.7 Å². The van der Waals surface area contributed by atoms with Gasteiger partial charge in [-0.1, -0.05) is 0 Å². The predicted molar refractivity (Wildman–Crippen MR) is 153 cm³/mol. The van der Waals surface area contributed by atoms with Gasteiger partial charge < -0.3 is 14.2 Å². The molecule has 0 amide bonds. The average molecular weight is 576 g/mol. The standard InChI is InChI=1S/C24H48N7O3P3/c1-2-10-28(9-1)35-23-21-33-19-17-32-18-20-34-22-24-36(25-35,29-11-3-4-12-29)27-37(26-35,30-13-5-6-14-30)31-15-7-8-16-31/h1-24H2. The zero-order valence-electron chi connectivity index (χ0n) is 22.7. The largest absolute Gasteiger partial charge is 0.379 e. The Morgan fingerprint density at radius 2 is 0.730 bits per heavy atom. The fourth-order valence-corrected chi connectivity index (χ4v) is 23.2. The highest BCUT2D eigenvalue weighted by Crippen LogP contribution is 2.82. The Kier molecular flexibility index (Phi) is 9.32. The highest BCUT2D eigenvalue weighted by molar-refractivity contribution is 7.84. The maximum atomic E-state index is 6.20. The van der Waals surface area contributed by atoms with Gasteiger partial charge in [-0.3, -0.25) is 9.34 Å². The van der Waals surface area contributed by atoms with Crippen molar-refractivity contribution in [2.75, 3.05) is 104 Å². The van der Waals surface area contributed by atoms with Gasteiger partial charge in [-0.15, -0.1) is 0 Å². The van der Waals surface area contributed by atoms with Crippen LogP contribution in [0.3, 0.4) is 0 Å². The molecule has 0 aromatic carbocycles. The lowest BCUT2D eigenvalue weighted by atomic mass is 10.4. The van der Waals surface area contributed by atoms with Gasteiger partial charge in [-0.05, 0) is 51.4 Å². The molecule has 0 radical (unpaired) electrons. The highest BCUT2D eigenvalue weighted by atomic mass is 31.3. The molecule has 4 saturated heterocycles. The second kappa shape index (κ2) is 12.5. The van der Waals surface area contributed by atoms with Crippen LogP contribution in [0.5, 0.6) is 0 Å². The van der Waals surface area contributed by atoms with Crippen molar-refractivity contribution in [2.45, 2.75) is 51.4 Å². The summed E-state index contributed by atoms with van der Waals surface area (Å²) in [5.41, 5.74) is 0. The molecule has 0 saturated carbocycles. The Hall–Kier alpha value is 0.410. The fraction of sp³-hybridized carbons (Fsp3) is 1.00. The molecule has 6 heterocycles.